The average molecular weight is 294 g/mol. The second-order valence-corrected chi connectivity index (χ2v) is 4.91. The number of esters is 1. The van der Waals surface area contributed by atoms with Crippen molar-refractivity contribution >= 4 is 23.2 Å². The van der Waals surface area contributed by atoms with Crippen LogP contribution in [0.25, 0.3) is 0 Å². The number of carbonyl (C=O) groups excluding carboxylic acids is 2. The molecule has 0 saturated heterocycles. The summed E-state index contributed by atoms with van der Waals surface area (Å²) >= 11 is 1.10. The summed E-state index contributed by atoms with van der Waals surface area (Å²) < 4.78 is 9.79. The van der Waals surface area contributed by atoms with Crippen molar-refractivity contribution < 1.29 is 18.7 Å². The Morgan fingerprint density at radius 3 is 2.95 bits per heavy atom. The highest BCUT2D eigenvalue weighted by Gasteiger charge is 2.19. The molecule has 0 aromatic carbocycles. The van der Waals surface area contributed by atoms with Gasteiger partial charge in [0, 0.05) is 24.5 Å². The quantitative estimate of drug-likeness (QED) is 0.790. The van der Waals surface area contributed by atoms with Gasteiger partial charge >= 0.3 is 5.97 Å². The van der Waals surface area contributed by atoms with Crippen molar-refractivity contribution in [2.45, 2.75) is 13.5 Å². The lowest BCUT2D eigenvalue weighted by atomic mass is 10.3. The molecule has 0 radical (unpaired) electrons. The molecule has 0 fully saturated rings. The molecule has 106 valence electrons. The van der Waals surface area contributed by atoms with Crippen molar-refractivity contribution in [1.82, 2.24) is 9.88 Å². The zero-order valence-electron chi connectivity index (χ0n) is 11.2. The van der Waals surface area contributed by atoms with Crippen LogP contribution in [0.1, 0.15) is 32.8 Å². The van der Waals surface area contributed by atoms with Crippen LogP contribution in [0.15, 0.2) is 28.4 Å². The molecular weight excluding hydrogens is 280 g/mol. The molecule has 0 aliphatic rings. The molecule has 2 aromatic rings. The van der Waals surface area contributed by atoms with Gasteiger partial charge in [-0.1, -0.05) is 0 Å². The Balaban J connectivity index is 2.03. The molecule has 0 aliphatic carbocycles. The van der Waals surface area contributed by atoms with Gasteiger partial charge in [-0.05, 0) is 13.0 Å². The maximum Gasteiger partial charge on any atom is 0.367 e. The smallest absolute Gasteiger partial charge is 0.367 e. The molecule has 0 spiro atoms. The fourth-order valence-electron chi connectivity index (χ4n) is 1.58. The Hall–Kier alpha value is -2.15. The second-order valence-electron chi connectivity index (χ2n) is 4.05. The third-order valence-electron chi connectivity index (χ3n) is 2.52. The van der Waals surface area contributed by atoms with Crippen molar-refractivity contribution in [3.8, 4) is 0 Å². The summed E-state index contributed by atoms with van der Waals surface area (Å²) in [4.78, 5) is 29.2. The van der Waals surface area contributed by atoms with Gasteiger partial charge in [-0.25, -0.2) is 9.78 Å². The van der Waals surface area contributed by atoms with E-state index in [0.717, 1.165) is 16.9 Å². The topological polar surface area (TPSA) is 72.6 Å². The lowest BCUT2D eigenvalue weighted by Crippen LogP contribution is -2.26. The molecule has 0 bridgehead atoms. The first-order valence-corrected chi connectivity index (χ1v) is 6.89. The van der Waals surface area contributed by atoms with E-state index in [2.05, 4.69) is 4.98 Å². The predicted octanol–water partition coefficient (Wildman–Crippen LogP) is 2.19. The number of thiazole rings is 1. The summed E-state index contributed by atoms with van der Waals surface area (Å²) in [5.41, 5.74) is 1.13. The lowest BCUT2D eigenvalue weighted by molar-refractivity contribution is 0.0526. The highest BCUT2D eigenvalue weighted by Crippen LogP contribution is 2.14. The van der Waals surface area contributed by atoms with Crippen LogP contribution in [-0.4, -0.2) is 35.4 Å². The molecule has 6 nitrogen and oxygen atoms in total. The first-order valence-electron chi connectivity index (χ1n) is 6.01. The molecular formula is C13H14N2O4S. The fraction of sp³-hybridized carbons (Fsp3) is 0.308. The van der Waals surface area contributed by atoms with Crippen molar-refractivity contribution in [2.24, 2.45) is 0 Å². The molecule has 0 N–H and O–H groups in total. The number of hydrogen-bond acceptors (Lipinski definition) is 6. The van der Waals surface area contributed by atoms with E-state index in [1.807, 2.05) is 0 Å². The van der Waals surface area contributed by atoms with E-state index >= 15 is 0 Å². The van der Waals surface area contributed by atoms with Gasteiger partial charge in [-0.2, -0.15) is 0 Å². The van der Waals surface area contributed by atoms with Gasteiger partial charge in [0.15, 0.2) is 0 Å². The highest BCUT2D eigenvalue weighted by atomic mass is 32.1. The Morgan fingerprint density at radius 1 is 1.50 bits per heavy atom. The molecule has 7 heteroatoms. The molecule has 2 rings (SSSR count). The van der Waals surface area contributed by atoms with Crippen LogP contribution in [0.4, 0.5) is 0 Å². The minimum Gasteiger partial charge on any atom is -0.472 e. The molecule has 0 atom stereocenters. The zero-order valence-corrected chi connectivity index (χ0v) is 12.0. The summed E-state index contributed by atoms with van der Waals surface area (Å²) in [5, 5.41) is 1.74. The summed E-state index contributed by atoms with van der Waals surface area (Å²) in [6.45, 7) is 2.42. The van der Waals surface area contributed by atoms with Gasteiger partial charge in [-0.15, -0.1) is 11.3 Å². The van der Waals surface area contributed by atoms with Crippen LogP contribution in [-0.2, 0) is 11.3 Å². The van der Waals surface area contributed by atoms with Crippen LogP contribution >= 0.6 is 11.3 Å². The number of rotatable bonds is 5. The molecule has 0 aliphatic heterocycles. The largest absolute Gasteiger partial charge is 0.472 e. The van der Waals surface area contributed by atoms with E-state index < -0.39 is 5.97 Å². The Kier molecular flexibility index (Phi) is 4.52. The molecule has 0 unspecified atom stereocenters. The first kappa shape index (κ1) is 14.3. The van der Waals surface area contributed by atoms with Gasteiger partial charge in [0.25, 0.3) is 5.91 Å². The minimum atomic E-state index is -0.506. The standard InChI is InChI=1S/C13H14N2O4S/c1-3-19-13(17)11-14-10(8-20-11)12(16)15(2)6-9-4-5-18-7-9/h4-5,7-8H,3,6H2,1-2H3. The van der Waals surface area contributed by atoms with E-state index in [4.69, 9.17) is 9.15 Å². The summed E-state index contributed by atoms with van der Waals surface area (Å²) in [6.07, 6.45) is 3.13. The Labute approximate surface area is 120 Å². The van der Waals surface area contributed by atoms with E-state index in [9.17, 15) is 9.59 Å². The maximum absolute atomic E-state index is 12.2. The third kappa shape index (κ3) is 3.24. The minimum absolute atomic E-state index is 0.187. The molecule has 20 heavy (non-hydrogen) atoms. The van der Waals surface area contributed by atoms with Gasteiger partial charge in [-0.3, -0.25) is 4.79 Å². The summed E-state index contributed by atoms with van der Waals surface area (Å²) in [6, 6.07) is 1.79. The Morgan fingerprint density at radius 2 is 2.30 bits per heavy atom. The van der Waals surface area contributed by atoms with Crippen LogP contribution in [0.2, 0.25) is 0 Å². The molecule has 0 saturated carbocycles. The van der Waals surface area contributed by atoms with Crippen LogP contribution in [0.3, 0.4) is 0 Å². The first-order chi connectivity index (χ1) is 9.61. The lowest BCUT2D eigenvalue weighted by Gasteiger charge is -2.14. The van der Waals surface area contributed by atoms with E-state index in [0.29, 0.717) is 6.54 Å². The molecule has 2 aromatic heterocycles. The van der Waals surface area contributed by atoms with E-state index in [1.165, 1.54) is 4.90 Å². The monoisotopic (exact) mass is 294 g/mol. The van der Waals surface area contributed by atoms with E-state index in [-0.39, 0.29) is 23.2 Å². The van der Waals surface area contributed by atoms with Crippen molar-refractivity contribution in [2.75, 3.05) is 13.7 Å². The predicted molar refractivity (Wildman–Crippen MR) is 72.6 cm³/mol. The second kappa shape index (κ2) is 6.33. The van der Waals surface area contributed by atoms with Crippen LogP contribution in [0, 0.1) is 0 Å². The van der Waals surface area contributed by atoms with Gasteiger partial charge in [0.2, 0.25) is 5.01 Å². The number of aromatic nitrogens is 1. The molecule has 2 heterocycles. The summed E-state index contributed by atoms with van der Waals surface area (Å²) in [5.74, 6) is -0.757. The van der Waals surface area contributed by atoms with Crippen molar-refractivity contribution in [1.29, 1.82) is 0 Å². The fourth-order valence-corrected chi connectivity index (χ4v) is 2.27. The number of carbonyl (C=O) groups is 2. The van der Waals surface area contributed by atoms with Crippen LogP contribution in [0.5, 0.6) is 0 Å². The van der Waals surface area contributed by atoms with Gasteiger partial charge < -0.3 is 14.1 Å². The summed E-state index contributed by atoms with van der Waals surface area (Å²) in [7, 11) is 1.67. The number of hydrogen-bond donors (Lipinski definition) is 0. The maximum atomic E-state index is 12.2. The Bertz CT molecular complexity index is 591. The van der Waals surface area contributed by atoms with Crippen molar-refractivity contribution in [3.63, 3.8) is 0 Å². The highest BCUT2D eigenvalue weighted by molar-refractivity contribution is 7.11. The molecule has 1 amide bonds. The number of ether oxygens (including phenoxy) is 1. The third-order valence-corrected chi connectivity index (χ3v) is 3.34. The number of nitrogens with zero attached hydrogens (tertiary/aromatic N) is 2. The zero-order chi connectivity index (χ0) is 14.5. The number of amides is 1. The van der Waals surface area contributed by atoms with Gasteiger partial charge in [0.05, 0.1) is 19.1 Å². The van der Waals surface area contributed by atoms with Gasteiger partial charge in [0.1, 0.15) is 5.69 Å². The SMILES string of the molecule is CCOC(=O)c1nc(C(=O)N(C)Cc2ccoc2)cs1. The van der Waals surface area contributed by atoms with E-state index in [1.54, 1.807) is 37.9 Å². The number of furan rings is 1. The van der Waals surface area contributed by atoms with Crippen LogP contribution < -0.4 is 0 Å². The normalized spacial score (nSPS) is 10.3. The van der Waals surface area contributed by atoms with Crippen molar-refractivity contribution in [3.05, 3.63) is 40.2 Å². The average Bonchev–Trinajstić information content (AvgIpc) is 3.09.